The highest BCUT2D eigenvalue weighted by atomic mass is 127. The molecular weight excluding hydrogens is 598 g/mol. The summed E-state index contributed by atoms with van der Waals surface area (Å²) in [5, 5.41) is 4.27. The first kappa shape index (κ1) is 30.0. The number of nitrogens with zero attached hydrogens (tertiary/aromatic N) is 1. The second-order valence-electron chi connectivity index (χ2n) is 9.91. The summed E-state index contributed by atoms with van der Waals surface area (Å²) in [6.07, 6.45) is 4.33. The minimum Gasteiger partial charge on any atom is -0.491 e. The number of rotatable bonds is 14. The molecule has 1 aromatic heterocycles. The number of esters is 1. The number of hydrogen-bond donors (Lipinski definition) is 1. The molecule has 0 aliphatic carbocycles. The Kier molecular flexibility index (Phi) is 11.9. The van der Waals surface area contributed by atoms with E-state index in [-0.39, 0.29) is 16.6 Å². The first-order chi connectivity index (χ1) is 16.4. The van der Waals surface area contributed by atoms with Crippen molar-refractivity contribution in [2.24, 2.45) is 0 Å². The first-order valence-electron chi connectivity index (χ1n) is 12.0. The zero-order valence-electron chi connectivity index (χ0n) is 21.6. The summed E-state index contributed by atoms with van der Waals surface area (Å²) in [4.78, 5) is 17.5. The van der Waals surface area contributed by atoms with Crippen LogP contribution in [0, 0.1) is 9.39 Å². The lowest BCUT2D eigenvalue weighted by molar-refractivity contribution is 0.0593. The molecule has 0 unspecified atom stereocenters. The molecule has 6 nitrogen and oxygen atoms in total. The van der Waals surface area contributed by atoms with Crippen LogP contribution in [0.3, 0.4) is 0 Å². The molecule has 196 valence electrons. The largest absolute Gasteiger partial charge is 0.491 e. The lowest BCUT2D eigenvalue weighted by Crippen LogP contribution is -2.40. The fourth-order valence-electron chi connectivity index (χ4n) is 3.00. The molecule has 0 radical (unpaired) electrons. The van der Waals surface area contributed by atoms with Gasteiger partial charge < -0.3 is 19.2 Å². The van der Waals surface area contributed by atoms with Crippen molar-refractivity contribution in [1.29, 1.82) is 0 Å². The van der Waals surface area contributed by atoms with E-state index >= 15 is 0 Å². The normalized spacial score (nSPS) is 12.0. The number of benzene rings is 1. The van der Waals surface area contributed by atoms with E-state index in [4.69, 9.17) is 13.9 Å². The van der Waals surface area contributed by atoms with Gasteiger partial charge in [-0.3, -0.25) is 0 Å². The fraction of sp³-hybridized carbons (Fsp3) is 0.600. The quantitative estimate of drug-likeness (QED) is 0.102. The number of carbonyl (C=O) groups is 1. The molecule has 0 bridgehead atoms. The van der Waals surface area contributed by atoms with E-state index in [1.54, 1.807) is 12.1 Å². The molecule has 0 fully saturated rings. The van der Waals surface area contributed by atoms with Crippen molar-refractivity contribution in [3.8, 4) is 5.75 Å². The molecule has 0 spiro atoms. The number of unbranched alkanes of at least 4 members (excludes halogenated alkanes) is 2. The molecule has 0 atom stereocenters. The summed E-state index contributed by atoms with van der Waals surface area (Å²) in [5.74, 6) is -0.584. The van der Waals surface area contributed by atoms with Gasteiger partial charge in [-0.15, -0.1) is 11.3 Å². The smallest absolute Gasteiger partial charge is 0.357 e. The van der Waals surface area contributed by atoms with Crippen LogP contribution in [0.2, 0.25) is 18.1 Å². The number of thiazole rings is 1. The van der Waals surface area contributed by atoms with E-state index in [0.717, 1.165) is 40.9 Å². The number of ether oxygens (including phenoxy) is 2. The number of hydrogen-bond acceptors (Lipinski definition) is 7. The fourth-order valence-corrected chi connectivity index (χ4v) is 5.56. The van der Waals surface area contributed by atoms with E-state index in [0.29, 0.717) is 30.3 Å². The highest BCUT2D eigenvalue weighted by Gasteiger charge is 2.36. The Morgan fingerprint density at radius 1 is 1.17 bits per heavy atom. The number of halogens is 2. The third-order valence-electron chi connectivity index (χ3n) is 6.14. The highest BCUT2D eigenvalue weighted by molar-refractivity contribution is 14.1. The predicted molar refractivity (Wildman–Crippen MR) is 152 cm³/mol. The molecule has 2 aromatic rings. The molecule has 1 heterocycles. The van der Waals surface area contributed by atoms with Gasteiger partial charge in [-0.05, 0) is 91.0 Å². The summed E-state index contributed by atoms with van der Waals surface area (Å²) in [6, 6.07) is 4.87. The summed E-state index contributed by atoms with van der Waals surface area (Å²) >= 11 is 3.51. The standard InChI is InChI=1S/C25H38FIN2O4SSi/c1-25(2,3)35(5,6)33-16-9-7-8-14-28-24-29-22(23(30)31-4)21(34-24)11-10-15-32-20-13-12-18(27)17-19(20)26/h12-13,17H,7-11,14-16H2,1-6H3,(H,28,29). The Balaban J connectivity index is 1.77. The van der Waals surface area contributed by atoms with Crippen LogP contribution in [-0.2, 0) is 15.6 Å². The summed E-state index contributed by atoms with van der Waals surface area (Å²) in [7, 11) is -0.324. The monoisotopic (exact) mass is 636 g/mol. The second-order valence-corrected chi connectivity index (χ2v) is 17.0. The van der Waals surface area contributed by atoms with Crippen LogP contribution in [0.5, 0.6) is 5.75 Å². The van der Waals surface area contributed by atoms with Crippen molar-refractivity contribution in [2.75, 3.05) is 32.2 Å². The zero-order chi connectivity index (χ0) is 26.1. The molecule has 35 heavy (non-hydrogen) atoms. The average molecular weight is 637 g/mol. The van der Waals surface area contributed by atoms with Gasteiger partial charge in [0.1, 0.15) is 0 Å². The lowest BCUT2D eigenvalue weighted by atomic mass is 10.2. The second kappa shape index (κ2) is 13.9. The lowest BCUT2D eigenvalue weighted by Gasteiger charge is -2.36. The molecule has 2 rings (SSSR count). The maximum atomic E-state index is 13.9. The van der Waals surface area contributed by atoms with Crippen molar-refractivity contribution in [3.05, 3.63) is 38.2 Å². The summed E-state index contributed by atoms with van der Waals surface area (Å²) in [6.45, 7) is 13.2. The number of aromatic nitrogens is 1. The van der Waals surface area contributed by atoms with Gasteiger partial charge in [-0.25, -0.2) is 14.2 Å². The van der Waals surface area contributed by atoms with Crippen LogP contribution in [-0.4, -0.2) is 46.1 Å². The Bertz CT molecular complexity index is 965. The van der Waals surface area contributed by atoms with Gasteiger partial charge in [0.15, 0.2) is 30.7 Å². The van der Waals surface area contributed by atoms with Gasteiger partial charge in [-0.1, -0.05) is 20.8 Å². The van der Waals surface area contributed by atoms with Gasteiger partial charge in [0, 0.05) is 21.6 Å². The molecule has 0 aliphatic heterocycles. The number of carbonyl (C=O) groups excluding carboxylic acids is 1. The third kappa shape index (κ3) is 9.62. The number of methoxy groups -OCH3 is 1. The zero-order valence-corrected chi connectivity index (χ0v) is 25.6. The molecule has 0 saturated heterocycles. The van der Waals surface area contributed by atoms with Crippen LogP contribution in [0.25, 0.3) is 0 Å². The predicted octanol–water partition coefficient (Wildman–Crippen LogP) is 7.29. The minimum absolute atomic E-state index is 0.233. The number of nitrogens with one attached hydrogen (secondary N) is 1. The minimum atomic E-state index is -1.68. The van der Waals surface area contributed by atoms with Crippen LogP contribution in [0.1, 0.15) is 61.8 Å². The van der Waals surface area contributed by atoms with Crippen molar-refractivity contribution in [1.82, 2.24) is 4.98 Å². The van der Waals surface area contributed by atoms with Crippen molar-refractivity contribution < 1.29 is 23.1 Å². The van der Waals surface area contributed by atoms with Gasteiger partial charge in [-0.2, -0.15) is 0 Å². The van der Waals surface area contributed by atoms with Gasteiger partial charge in [0.25, 0.3) is 0 Å². The average Bonchev–Trinajstić information content (AvgIpc) is 3.18. The Labute approximate surface area is 227 Å². The maximum absolute atomic E-state index is 13.9. The van der Waals surface area contributed by atoms with E-state index in [1.807, 2.05) is 0 Å². The molecule has 1 N–H and O–H groups in total. The Hall–Kier alpha value is -1.24. The van der Waals surface area contributed by atoms with Crippen molar-refractivity contribution in [2.45, 2.75) is 71.0 Å². The van der Waals surface area contributed by atoms with Gasteiger partial charge >= 0.3 is 5.97 Å². The number of anilines is 1. The maximum Gasteiger partial charge on any atom is 0.357 e. The van der Waals surface area contributed by atoms with Crippen molar-refractivity contribution >= 4 is 53.3 Å². The molecule has 0 aliphatic rings. The Morgan fingerprint density at radius 2 is 1.91 bits per heavy atom. The van der Waals surface area contributed by atoms with E-state index in [9.17, 15) is 9.18 Å². The van der Waals surface area contributed by atoms with E-state index in [2.05, 4.69) is 66.8 Å². The highest BCUT2D eigenvalue weighted by Crippen LogP contribution is 2.36. The SMILES string of the molecule is COC(=O)c1nc(NCCCCCO[Si](C)(C)C(C)(C)C)sc1CCCOc1ccc(I)cc1F. The summed E-state index contributed by atoms with van der Waals surface area (Å²) < 4.78 is 31.4. The topological polar surface area (TPSA) is 69.7 Å². The van der Waals surface area contributed by atoms with E-state index < -0.39 is 14.3 Å². The Morgan fingerprint density at radius 3 is 2.57 bits per heavy atom. The molecule has 10 heteroatoms. The van der Waals surface area contributed by atoms with Crippen LogP contribution >= 0.6 is 33.9 Å². The number of aryl methyl sites for hydroxylation is 1. The van der Waals surface area contributed by atoms with Gasteiger partial charge in [0.05, 0.1) is 13.7 Å². The van der Waals surface area contributed by atoms with Crippen LogP contribution in [0.15, 0.2) is 18.2 Å². The van der Waals surface area contributed by atoms with Gasteiger partial charge in [0.2, 0.25) is 0 Å². The molecular formula is C25H38FIN2O4SSi. The van der Waals surface area contributed by atoms with Crippen molar-refractivity contribution in [3.63, 3.8) is 0 Å². The molecule has 0 amide bonds. The molecule has 0 saturated carbocycles. The first-order valence-corrected chi connectivity index (χ1v) is 16.8. The van der Waals surface area contributed by atoms with E-state index in [1.165, 1.54) is 24.5 Å². The van der Waals surface area contributed by atoms with Crippen LogP contribution in [0.4, 0.5) is 9.52 Å². The molecule has 1 aromatic carbocycles. The van der Waals surface area contributed by atoms with Crippen LogP contribution < -0.4 is 10.1 Å². The third-order valence-corrected chi connectivity index (χ3v) is 12.4. The summed E-state index contributed by atoms with van der Waals surface area (Å²) in [5.41, 5.74) is 0.336.